The maximum Gasteiger partial charge on any atom is 0.322 e. The van der Waals surface area contributed by atoms with Crippen LogP contribution >= 0.6 is 0 Å². The molecule has 0 radical (unpaired) electrons. The molecule has 2 aromatic carbocycles. The SMILES string of the molecule is COc1cnc(Oc2ccc(N3CCN(C(=O)Nc4c[nH]c5c(F)cc(F)cc45)CC3)cc2)cn1. The van der Waals surface area contributed by atoms with Gasteiger partial charge in [-0.05, 0) is 30.3 Å². The predicted octanol–water partition coefficient (Wildman–Crippen LogP) is 4.39. The average Bonchev–Trinajstić information content (AvgIpc) is 3.27. The summed E-state index contributed by atoms with van der Waals surface area (Å²) in [5.41, 5.74) is 1.49. The molecule has 2 amide bonds. The number of aromatic amines is 1. The summed E-state index contributed by atoms with van der Waals surface area (Å²) in [7, 11) is 1.52. The summed E-state index contributed by atoms with van der Waals surface area (Å²) in [5, 5.41) is 3.04. The standard InChI is InChI=1S/C24H22F2N6O3/c1-34-21-13-28-22(14-27-21)35-17-4-2-16(3-5-17)31-6-8-32(9-7-31)24(33)30-20-12-29-23-18(20)10-15(25)11-19(23)26/h2-5,10-14,29H,6-9H2,1H3,(H,30,33). The summed E-state index contributed by atoms with van der Waals surface area (Å²) in [6, 6.07) is 9.24. The fourth-order valence-electron chi connectivity index (χ4n) is 3.93. The lowest BCUT2D eigenvalue weighted by Gasteiger charge is -2.36. The average molecular weight is 480 g/mol. The fraction of sp³-hybridized carbons (Fsp3) is 0.208. The molecule has 1 fully saturated rings. The van der Waals surface area contributed by atoms with Crippen LogP contribution in [-0.2, 0) is 0 Å². The van der Waals surface area contributed by atoms with Gasteiger partial charge in [0.15, 0.2) is 0 Å². The van der Waals surface area contributed by atoms with Gasteiger partial charge in [-0.1, -0.05) is 0 Å². The highest BCUT2D eigenvalue weighted by molar-refractivity contribution is 6.01. The number of nitrogens with zero attached hydrogens (tertiary/aromatic N) is 4. The van der Waals surface area contributed by atoms with Crippen molar-refractivity contribution < 1.29 is 23.0 Å². The molecular weight excluding hydrogens is 458 g/mol. The van der Waals surface area contributed by atoms with Gasteiger partial charge in [-0.25, -0.2) is 23.5 Å². The number of anilines is 2. The molecule has 1 aliphatic heterocycles. The van der Waals surface area contributed by atoms with Crippen molar-refractivity contribution in [1.82, 2.24) is 19.9 Å². The van der Waals surface area contributed by atoms with Crippen molar-refractivity contribution in [2.24, 2.45) is 0 Å². The molecule has 180 valence electrons. The highest BCUT2D eigenvalue weighted by Gasteiger charge is 2.22. The molecule has 3 heterocycles. The molecule has 11 heteroatoms. The number of nitrogens with one attached hydrogen (secondary N) is 2. The number of hydrogen-bond donors (Lipinski definition) is 2. The number of rotatable bonds is 5. The second kappa shape index (κ2) is 9.45. The molecule has 5 rings (SSSR count). The summed E-state index contributed by atoms with van der Waals surface area (Å²) in [6.45, 7) is 2.26. The van der Waals surface area contributed by atoms with E-state index in [4.69, 9.17) is 9.47 Å². The molecule has 1 saturated heterocycles. The Morgan fingerprint density at radius 3 is 2.43 bits per heavy atom. The van der Waals surface area contributed by atoms with Gasteiger partial charge in [0.25, 0.3) is 0 Å². The number of benzene rings is 2. The summed E-state index contributed by atoms with van der Waals surface area (Å²) in [4.78, 5) is 27.5. The molecule has 1 aliphatic rings. The van der Waals surface area contributed by atoms with Crippen molar-refractivity contribution in [2.75, 3.05) is 43.5 Å². The van der Waals surface area contributed by atoms with Gasteiger partial charge >= 0.3 is 6.03 Å². The third-order valence-electron chi connectivity index (χ3n) is 5.75. The maximum absolute atomic E-state index is 13.9. The van der Waals surface area contributed by atoms with Gasteiger partial charge in [-0.15, -0.1) is 0 Å². The molecule has 0 aliphatic carbocycles. The summed E-state index contributed by atoms with van der Waals surface area (Å²) in [5.74, 6) is -0.0176. The normalized spacial score (nSPS) is 13.7. The third kappa shape index (κ3) is 4.79. The minimum Gasteiger partial charge on any atom is -0.480 e. The number of piperazine rings is 1. The number of aromatic nitrogens is 3. The van der Waals surface area contributed by atoms with Gasteiger partial charge in [-0.2, -0.15) is 0 Å². The number of urea groups is 1. The van der Waals surface area contributed by atoms with Crippen molar-refractivity contribution in [2.45, 2.75) is 0 Å². The van der Waals surface area contributed by atoms with Gasteiger partial charge in [0, 0.05) is 49.5 Å². The van der Waals surface area contributed by atoms with Crippen LogP contribution in [0.25, 0.3) is 10.9 Å². The third-order valence-corrected chi connectivity index (χ3v) is 5.75. The van der Waals surface area contributed by atoms with Crippen LogP contribution in [0.2, 0.25) is 0 Å². The number of methoxy groups -OCH3 is 1. The largest absolute Gasteiger partial charge is 0.480 e. The van der Waals surface area contributed by atoms with E-state index >= 15 is 0 Å². The van der Waals surface area contributed by atoms with E-state index in [2.05, 4.69) is 25.2 Å². The molecule has 0 saturated carbocycles. The van der Waals surface area contributed by atoms with Gasteiger partial charge in [0.05, 0.1) is 30.7 Å². The molecule has 2 N–H and O–H groups in total. The topological polar surface area (TPSA) is 95.6 Å². The summed E-state index contributed by atoms with van der Waals surface area (Å²) < 4.78 is 38.2. The fourth-order valence-corrected chi connectivity index (χ4v) is 3.93. The number of carbonyl (C=O) groups excluding carboxylic acids is 1. The second-order valence-corrected chi connectivity index (χ2v) is 7.91. The first-order valence-corrected chi connectivity index (χ1v) is 10.9. The highest BCUT2D eigenvalue weighted by atomic mass is 19.1. The minimum atomic E-state index is -0.706. The van der Waals surface area contributed by atoms with E-state index in [1.54, 1.807) is 4.90 Å². The Morgan fingerprint density at radius 1 is 1.03 bits per heavy atom. The van der Waals surface area contributed by atoms with Crippen molar-refractivity contribution in [3.05, 3.63) is 66.6 Å². The van der Waals surface area contributed by atoms with E-state index in [1.165, 1.54) is 31.8 Å². The van der Waals surface area contributed by atoms with Crippen molar-refractivity contribution in [3.63, 3.8) is 0 Å². The van der Waals surface area contributed by atoms with Gasteiger partial charge in [-0.3, -0.25) is 0 Å². The molecule has 9 nitrogen and oxygen atoms in total. The van der Waals surface area contributed by atoms with Crippen molar-refractivity contribution >= 4 is 28.3 Å². The van der Waals surface area contributed by atoms with Crippen LogP contribution in [-0.4, -0.2) is 59.2 Å². The smallest absolute Gasteiger partial charge is 0.322 e. The number of hydrogen-bond acceptors (Lipinski definition) is 6. The number of ether oxygens (including phenoxy) is 2. The van der Waals surface area contributed by atoms with Gasteiger partial charge < -0.3 is 29.6 Å². The maximum atomic E-state index is 13.9. The molecular formula is C24H22F2N6O3. The Morgan fingerprint density at radius 2 is 1.74 bits per heavy atom. The highest BCUT2D eigenvalue weighted by Crippen LogP contribution is 2.27. The molecule has 35 heavy (non-hydrogen) atoms. The van der Waals surface area contributed by atoms with E-state index < -0.39 is 11.6 Å². The lowest BCUT2D eigenvalue weighted by molar-refractivity contribution is 0.208. The molecule has 2 aromatic heterocycles. The lowest BCUT2D eigenvalue weighted by atomic mass is 10.2. The van der Waals surface area contributed by atoms with Gasteiger partial charge in [0.1, 0.15) is 17.4 Å². The number of carbonyl (C=O) groups is 1. The van der Waals surface area contributed by atoms with E-state index in [0.29, 0.717) is 49.4 Å². The minimum absolute atomic E-state index is 0.151. The molecule has 0 unspecified atom stereocenters. The number of halogens is 2. The van der Waals surface area contributed by atoms with Crippen molar-refractivity contribution in [3.8, 4) is 17.5 Å². The molecule has 4 aromatic rings. The predicted molar refractivity (Wildman–Crippen MR) is 126 cm³/mol. The Bertz CT molecular complexity index is 1340. The zero-order valence-corrected chi connectivity index (χ0v) is 18.8. The zero-order chi connectivity index (χ0) is 24.4. The summed E-state index contributed by atoms with van der Waals surface area (Å²) in [6.07, 6.45) is 4.43. The van der Waals surface area contributed by atoms with E-state index in [0.717, 1.165) is 11.8 Å². The monoisotopic (exact) mass is 480 g/mol. The van der Waals surface area contributed by atoms with Crippen molar-refractivity contribution in [1.29, 1.82) is 0 Å². The first-order valence-electron chi connectivity index (χ1n) is 10.9. The van der Waals surface area contributed by atoms with Crippen LogP contribution in [0.1, 0.15) is 0 Å². The second-order valence-electron chi connectivity index (χ2n) is 7.91. The molecule has 0 spiro atoms. The summed E-state index contributed by atoms with van der Waals surface area (Å²) >= 11 is 0. The van der Waals surface area contributed by atoms with E-state index in [-0.39, 0.29) is 16.9 Å². The van der Waals surface area contributed by atoms with Crippen LogP contribution in [0.4, 0.5) is 25.0 Å². The van der Waals surface area contributed by atoms with Crippen LogP contribution in [0.15, 0.2) is 55.0 Å². The zero-order valence-electron chi connectivity index (χ0n) is 18.8. The van der Waals surface area contributed by atoms with Gasteiger partial charge in [0.2, 0.25) is 11.8 Å². The Hall–Kier alpha value is -4.41. The van der Waals surface area contributed by atoms with Crippen LogP contribution in [0, 0.1) is 11.6 Å². The molecule has 0 bridgehead atoms. The first-order chi connectivity index (χ1) is 17.0. The number of fused-ring (bicyclic) bond motifs is 1. The molecule has 0 atom stereocenters. The van der Waals surface area contributed by atoms with Crippen LogP contribution in [0.3, 0.4) is 0 Å². The van der Waals surface area contributed by atoms with E-state index in [1.807, 2.05) is 24.3 Å². The number of H-pyrrole nitrogens is 1. The Balaban J connectivity index is 1.17. The van der Waals surface area contributed by atoms with Crippen LogP contribution in [0.5, 0.6) is 17.5 Å². The number of amides is 2. The Labute approximate surface area is 199 Å². The quantitative estimate of drug-likeness (QED) is 0.440. The van der Waals surface area contributed by atoms with Crippen LogP contribution < -0.4 is 19.7 Å². The lowest BCUT2D eigenvalue weighted by Crippen LogP contribution is -2.50. The Kier molecular flexibility index (Phi) is 6.04. The first kappa shape index (κ1) is 22.4. The van der Waals surface area contributed by atoms with E-state index in [9.17, 15) is 13.6 Å².